The van der Waals surface area contributed by atoms with Gasteiger partial charge in [0.25, 0.3) is 0 Å². The highest BCUT2D eigenvalue weighted by Crippen LogP contribution is 2.27. The van der Waals surface area contributed by atoms with Gasteiger partial charge in [0.05, 0.1) is 0 Å². The third kappa shape index (κ3) is 5.35. The highest BCUT2D eigenvalue weighted by atomic mass is 16.6. The Bertz CT molecular complexity index is 1060. The van der Waals surface area contributed by atoms with Gasteiger partial charge in [0.2, 0.25) is 0 Å². The molecule has 0 radical (unpaired) electrons. The van der Waals surface area contributed by atoms with Gasteiger partial charge >= 0.3 is 6.09 Å². The van der Waals surface area contributed by atoms with E-state index in [1.54, 1.807) is 4.90 Å². The van der Waals surface area contributed by atoms with Crippen LogP contribution in [0.25, 0.3) is 21.9 Å². The summed E-state index contributed by atoms with van der Waals surface area (Å²) < 4.78 is 11.6. The van der Waals surface area contributed by atoms with Gasteiger partial charge in [0.15, 0.2) is 0 Å². The molecule has 5 heteroatoms. The number of piperidine rings is 1. The Kier molecular flexibility index (Phi) is 5.86. The average molecular weight is 419 g/mol. The van der Waals surface area contributed by atoms with Crippen molar-refractivity contribution < 1.29 is 14.3 Å². The van der Waals surface area contributed by atoms with Crippen LogP contribution in [0.5, 0.6) is 5.75 Å². The summed E-state index contributed by atoms with van der Waals surface area (Å²) in [5, 5.41) is 2.34. The molecule has 0 saturated carbocycles. The van der Waals surface area contributed by atoms with Crippen LogP contribution in [0.1, 0.15) is 39.3 Å². The fraction of sp³-hybridized carbons (Fsp3) is 0.385. The second-order valence-electron chi connectivity index (χ2n) is 9.20. The van der Waals surface area contributed by atoms with E-state index in [0.717, 1.165) is 35.2 Å². The molecule has 1 aliphatic heterocycles. The molecule has 0 bridgehead atoms. The third-order valence-electron chi connectivity index (χ3n) is 5.44. The highest BCUT2D eigenvalue weighted by Gasteiger charge is 2.27. The number of ether oxygens (including phenoxy) is 2. The van der Waals surface area contributed by atoms with E-state index in [1.165, 1.54) is 10.9 Å². The molecule has 1 aromatic heterocycles. The summed E-state index contributed by atoms with van der Waals surface area (Å²) in [5.41, 5.74) is 2.89. The van der Waals surface area contributed by atoms with Crippen molar-refractivity contribution in [2.75, 3.05) is 13.1 Å². The Hall–Kier alpha value is -3.08. The number of carbonyl (C=O) groups excluding carboxylic acids is 1. The number of nitrogens with zero attached hydrogens (tertiary/aromatic N) is 2. The normalized spacial score (nSPS) is 15.2. The number of aryl methyl sites for hydroxylation is 1. The van der Waals surface area contributed by atoms with Crippen molar-refractivity contribution in [3.8, 4) is 16.9 Å². The average Bonchev–Trinajstić information content (AvgIpc) is 2.73. The van der Waals surface area contributed by atoms with E-state index in [9.17, 15) is 4.79 Å². The molecule has 1 fully saturated rings. The first-order valence-corrected chi connectivity index (χ1v) is 10.9. The third-order valence-corrected chi connectivity index (χ3v) is 5.44. The molecule has 3 aromatic rings. The first kappa shape index (κ1) is 21.2. The molecule has 0 spiro atoms. The van der Waals surface area contributed by atoms with Crippen LogP contribution in [0, 0.1) is 6.92 Å². The number of carbonyl (C=O) groups is 1. The predicted octanol–water partition coefficient (Wildman–Crippen LogP) is 5.99. The summed E-state index contributed by atoms with van der Waals surface area (Å²) in [4.78, 5) is 18.3. The van der Waals surface area contributed by atoms with Crippen molar-refractivity contribution in [1.82, 2.24) is 9.88 Å². The maximum absolute atomic E-state index is 12.2. The standard InChI is InChI=1S/C26H30N2O3/c1-18-15-22-16-20(5-6-21(22)17-27-18)19-7-9-23(10-8-19)30-24-11-13-28(14-12-24)25(29)31-26(2,3)4/h5-10,15-17,24H,11-14H2,1-4H3. The molecule has 1 aliphatic rings. The van der Waals surface area contributed by atoms with Crippen LogP contribution in [0.2, 0.25) is 0 Å². The summed E-state index contributed by atoms with van der Waals surface area (Å²) in [6.07, 6.45) is 3.40. The van der Waals surface area contributed by atoms with Gasteiger partial charge < -0.3 is 14.4 Å². The number of benzene rings is 2. The lowest BCUT2D eigenvalue weighted by molar-refractivity contribution is 0.0126. The molecule has 0 N–H and O–H groups in total. The Balaban J connectivity index is 1.36. The van der Waals surface area contributed by atoms with Crippen molar-refractivity contribution in [1.29, 1.82) is 0 Å². The molecule has 0 atom stereocenters. The van der Waals surface area contributed by atoms with Crippen LogP contribution in [-0.2, 0) is 4.74 Å². The van der Waals surface area contributed by atoms with Gasteiger partial charge in [-0.15, -0.1) is 0 Å². The van der Waals surface area contributed by atoms with Crippen molar-refractivity contribution in [3.05, 3.63) is 60.4 Å². The fourth-order valence-corrected chi connectivity index (χ4v) is 3.83. The second-order valence-corrected chi connectivity index (χ2v) is 9.20. The van der Waals surface area contributed by atoms with Gasteiger partial charge in [0.1, 0.15) is 17.5 Å². The predicted molar refractivity (Wildman–Crippen MR) is 123 cm³/mol. The Morgan fingerprint density at radius 3 is 2.32 bits per heavy atom. The minimum absolute atomic E-state index is 0.112. The molecule has 2 heterocycles. The molecule has 0 unspecified atom stereocenters. The van der Waals surface area contributed by atoms with Crippen molar-refractivity contribution in [3.63, 3.8) is 0 Å². The second kappa shape index (κ2) is 8.58. The number of hydrogen-bond donors (Lipinski definition) is 0. The number of likely N-dealkylation sites (tertiary alicyclic amines) is 1. The number of fused-ring (bicyclic) bond motifs is 1. The van der Waals surface area contributed by atoms with E-state index in [0.29, 0.717) is 13.1 Å². The van der Waals surface area contributed by atoms with E-state index in [1.807, 2.05) is 46.0 Å². The van der Waals surface area contributed by atoms with Gasteiger partial charge in [-0.05, 0) is 68.5 Å². The molecule has 5 nitrogen and oxygen atoms in total. The van der Waals surface area contributed by atoms with Gasteiger partial charge in [0, 0.05) is 43.2 Å². The zero-order valence-corrected chi connectivity index (χ0v) is 18.7. The summed E-state index contributed by atoms with van der Waals surface area (Å²) >= 11 is 0. The van der Waals surface area contributed by atoms with Gasteiger partial charge in [-0.2, -0.15) is 0 Å². The Morgan fingerprint density at radius 1 is 0.968 bits per heavy atom. The number of aromatic nitrogens is 1. The lowest BCUT2D eigenvalue weighted by atomic mass is 10.0. The first-order valence-electron chi connectivity index (χ1n) is 10.9. The van der Waals surface area contributed by atoms with Crippen molar-refractivity contribution >= 4 is 16.9 Å². The lowest BCUT2D eigenvalue weighted by Crippen LogP contribution is -2.44. The molecular formula is C26H30N2O3. The fourth-order valence-electron chi connectivity index (χ4n) is 3.83. The maximum Gasteiger partial charge on any atom is 0.410 e. The van der Waals surface area contributed by atoms with E-state index in [2.05, 4.69) is 41.4 Å². The molecule has 162 valence electrons. The largest absolute Gasteiger partial charge is 0.490 e. The topological polar surface area (TPSA) is 51.7 Å². The molecule has 2 aromatic carbocycles. The SMILES string of the molecule is Cc1cc2cc(-c3ccc(OC4CCN(C(=O)OC(C)(C)C)CC4)cc3)ccc2cn1. The zero-order chi connectivity index (χ0) is 22.0. The summed E-state index contributed by atoms with van der Waals surface area (Å²) in [5.74, 6) is 0.861. The highest BCUT2D eigenvalue weighted by molar-refractivity contribution is 5.87. The quantitative estimate of drug-likeness (QED) is 0.524. The molecule has 31 heavy (non-hydrogen) atoms. The van der Waals surface area contributed by atoms with Crippen LogP contribution in [0.4, 0.5) is 4.79 Å². The Morgan fingerprint density at radius 2 is 1.65 bits per heavy atom. The van der Waals surface area contributed by atoms with Gasteiger partial charge in [-0.25, -0.2) is 4.79 Å². The maximum atomic E-state index is 12.2. The summed E-state index contributed by atoms with van der Waals surface area (Å²) in [7, 11) is 0. The van der Waals surface area contributed by atoms with Crippen LogP contribution in [-0.4, -0.2) is 40.8 Å². The monoisotopic (exact) mass is 418 g/mol. The number of hydrogen-bond acceptors (Lipinski definition) is 4. The molecule has 1 saturated heterocycles. The molecule has 1 amide bonds. The lowest BCUT2D eigenvalue weighted by Gasteiger charge is -2.33. The molecule has 4 rings (SSSR count). The van der Waals surface area contributed by atoms with E-state index in [-0.39, 0.29) is 12.2 Å². The number of amides is 1. The zero-order valence-electron chi connectivity index (χ0n) is 18.7. The summed E-state index contributed by atoms with van der Waals surface area (Å²) in [6.45, 7) is 8.99. The molecular weight excluding hydrogens is 388 g/mol. The van der Waals surface area contributed by atoms with Crippen molar-refractivity contribution in [2.45, 2.75) is 52.2 Å². The Labute approximate surface area is 184 Å². The first-order chi connectivity index (χ1) is 14.8. The number of rotatable bonds is 3. The van der Waals surface area contributed by atoms with Crippen molar-refractivity contribution in [2.24, 2.45) is 0 Å². The van der Waals surface area contributed by atoms with E-state index < -0.39 is 5.60 Å². The van der Waals surface area contributed by atoms with Crippen LogP contribution in [0.3, 0.4) is 0 Å². The van der Waals surface area contributed by atoms with Crippen LogP contribution >= 0.6 is 0 Å². The van der Waals surface area contributed by atoms with E-state index >= 15 is 0 Å². The minimum Gasteiger partial charge on any atom is -0.490 e. The minimum atomic E-state index is -0.465. The van der Waals surface area contributed by atoms with Crippen LogP contribution < -0.4 is 4.74 Å². The summed E-state index contributed by atoms with van der Waals surface area (Å²) in [6, 6.07) is 16.8. The molecule has 0 aliphatic carbocycles. The number of pyridine rings is 1. The van der Waals surface area contributed by atoms with Gasteiger partial charge in [-0.3, -0.25) is 4.98 Å². The smallest absolute Gasteiger partial charge is 0.410 e. The van der Waals surface area contributed by atoms with Gasteiger partial charge in [-0.1, -0.05) is 24.3 Å². The van der Waals surface area contributed by atoms with E-state index in [4.69, 9.17) is 9.47 Å². The van der Waals surface area contributed by atoms with Crippen LogP contribution in [0.15, 0.2) is 54.7 Å².